The normalized spacial score (nSPS) is 17.1. The van der Waals surface area contributed by atoms with E-state index < -0.39 is 11.0 Å². The van der Waals surface area contributed by atoms with Crippen LogP contribution in [0.4, 0.5) is 4.79 Å². The molecule has 3 rings (SSSR count). The fourth-order valence-electron chi connectivity index (χ4n) is 3.48. The van der Waals surface area contributed by atoms with Crippen LogP contribution < -0.4 is 0 Å². The first-order valence-electron chi connectivity index (χ1n) is 8.72. The van der Waals surface area contributed by atoms with Crippen molar-refractivity contribution < 1.29 is 9.53 Å². The number of benzene rings is 2. The summed E-state index contributed by atoms with van der Waals surface area (Å²) in [7, 11) is 0. The number of carbonyl (C=O) groups excluding carboxylic acids is 1. The number of carbonyl (C=O) groups is 1. The summed E-state index contributed by atoms with van der Waals surface area (Å²) in [5, 5.41) is 12.2. The van der Waals surface area contributed by atoms with Gasteiger partial charge < -0.3 is 9.64 Å². The number of hydrogen-bond acceptors (Lipinski definition) is 3. The molecule has 1 fully saturated rings. The standard InChI is InChI=1S/C21H24N2O2/c1-20(2,3)25-19(24)23-13-11-21(15-22,12-14-23)18-10-6-8-16-7-4-5-9-17(16)18/h4-10H,11-14H2,1-3H3. The topological polar surface area (TPSA) is 53.3 Å². The SMILES string of the molecule is CC(C)(C)OC(=O)N1CCC(C#N)(c2cccc3ccccc23)CC1. The Bertz CT molecular complexity index is 816. The molecule has 0 aliphatic carbocycles. The number of likely N-dealkylation sites (tertiary alicyclic amines) is 1. The molecule has 4 nitrogen and oxygen atoms in total. The fourth-order valence-corrected chi connectivity index (χ4v) is 3.48. The molecule has 0 bridgehead atoms. The predicted octanol–water partition coefficient (Wildman–Crippen LogP) is 4.63. The molecule has 1 aliphatic heterocycles. The van der Waals surface area contributed by atoms with E-state index in [2.05, 4.69) is 30.3 Å². The van der Waals surface area contributed by atoms with Crippen molar-refractivity contribution >= 4 is 16.9 Å². The van der Waals surface area contributed by atoms with Crippen LogP contribution in [0, 0.1) is 11.3 Å². The Kier molecular flexibility index (Phi) is 4.43. The number of ether oxygens (including phenoxy) is 1. The van der Waals surface area contributed by atoms with E-state index in [0.717, 1.165) is 16.3 Å². The lowest BCUT2D eigenvalue weighted by Gasteiger charge is -2.38. The first-order valence-corrected chi connectivity index (χ1v) is 8.72. The summed E-state index contributed by atoms with van der Waals surface area (Å²) < 4.78 is 5.46. The van der Waals surface area contributed by atoms with Gasteiger partial charge in [0, 0.05) is 13.1 Å². The van der Waals surface area contributed by atoms with E-state index in [1.807, 2.05) is 39.0 Å². The summed E-state index contributed by atoms with van der Waals surface area (Å²) in [4.78, 5) is 14.0. The summed E-state index contributed by atoms with van der Waals surface area (Å²) in [6.07, 6.45) is 0.949. The zero-order valence-electron chi connectivity index (χ0n) is 15.1. The molecule has 2 aromatic carbocycles. The molecule has 0 unspecified atom stereocenters. The molecule has 0 aromatic heterocycles. The first-order chi connectivity index (χ1) is 11.8. The van der Waals surface area contributed by atoms with Gasteiger partial charge in [-0.1, -0.05) is 42.5 Å². The van der Waals surface area contributed by atoms with Crippen molar-refractivity contribution in [1.29, 1.82) is 5.26 Å². The highest BCUT2D eigenvalue weighted by Gasteiger charge is 2.39. The number of hydrogen-bond donors (Lipinski definition) is 0. The van der Waals surface area contributed by atoms with E-state index in [0.29, 0.717) is 25.9 Å². The largest absolute Gasteiger partial charge is 0.444 e. The van der Waals surface area contributed by atoms with Crippen molar-refractivity contribution in [1.82, 2.24) is 4.90 Å². The van der Waals surface area contributed by atoms with Gasteiger partial charge in [0.15, 0.2) is 0 Å². The van der Waals surface area contributed by atoms with Crippen molar-refractivity contribution in [3.05, 3.63) is 48.0 Å². The fraction of sp³-hybridized carbons (Fsp3) is 0.429. The van der Waals surface area contributed by atoms with Crippen molar-refractivity contribution in [2.45, 2.75) is 44.6 Å². The highest BCUT2D eigenvalue weighted by atomic mass is 16.6. The summed E-state index contributed by atoms with van der Waals surface area (Å²) in [5.74, 6) is 0. The Hall–Kier alpha value is -2.54. The molecule has 1 aliphatic rings. The number of nitriles is 1. The lowest BCUT2D eigenvalue weighted by molar-refractivity contribution is 0.0186. The highest BCUT2D eigenvalue weighted by molar-refractivity contribution is 5.87. The van der Waals surface area contributed by atoms with E-state index in [-0.39, 0.29) is 6.09 Å². The minimum atomic E-state index is -0.556. The van der Waals surface area contributed by atoms with Crippen LogP contribution in [0.25, 0.3) is 10.8 Å². The minimum absolute atomic E-state index is 0.294. The number of amides is 1. The van der Waals surface area contributed by atoms with E-state index in [1.165, 1.54) is 0 Å². The second-order valence-electron chi connectivity index (χ2n) is 7.69. The number of rotatable bonds is 1. The van der Waals surface area contributed by atoms with Crippen LogP contribution in [0.1, 0.15) is 39.2 Å². The molecule has 1 amide bonds. The molecule has 0 atom stereocenters. The molecule has 130 valence electrons. The Morgan fingerprint density at radius 3 is 2.40 bits per heavy atom. The Morgan fingerprint density at radius 2 is 1.76 bits per heavy atom. The Labute approximate surface area is 149 Å². The summed E-state index contributed by atoms with van der Waals surface area (Å²) in [6.45, 7) is 6.66. The van der Waals surface area contributed by atoms with Crippen molar-refractivity contribution in [2.24, 2.45) is 0 Å². The summed E-state index contributed by atoms with van der Waals surface area (Å²) >= 11 is 0. The third kappa shape index (κ3) is 3.46. The quantitative estimate of drug-likeness (QED) is 0.763. The summed E-state index contributed by atoms with van der Waals surface area (Å²) in [6, 6.07) is 16.8. The maximum Gasteiger partial charge on any atom is 0.410 e. The molecule has 0 spiro atoms. The monoisotopic (exact) mass is 336 g/mol. The van der Waals surface area contributed by atoms with Gasteiger partial charge >= 0.3 is 6.09 Å². The highest BCUT2D eigenvalue weighted by Crippen LogP contribution is 2.39. The van der Waals surface area contributed by atoms with Crippen LogP contribution in [-0.2, 0) is 10.2 Å². The molecule has 1 heterocycles. The predicted molar refractivity (Wildman–Crippen MR) is 98.3 cm³/mol. The molecular formula is C21H24N2O2. The second-order valence-corrected chi connectivity index (χ2v) is 7.69. The molecule has 0 radical (unpaired) electrons. The molecule has 4 heteroatoms. The van der Waals surface area contributed by atoms with E-state index >= 15 is 0 Å². The number of fused-ring (bicyclic) bond motifs is 1. The lowest BCUT2D eigenvalue weighted by Crippen LogP contribution is -2.46. The zero-order chi connectivity index (χ0) is 18.1. The van der Waals surface area contributed by atoms with Crippen LogP contribution in [0.3, 0.4) is 0 Å². The van der Waals surface area contributed by atoms with E-state index in [4.69, 9.17) is 4.74 Å². The molecule has 1 saturated heterocycles. The van der Waals surface area contributed by atoms with Gasteiger partial charge in [-0.3, -0.25) is 0 Å². The molecule has 0 saturated carbocycles. The number of piperidine rings is 1. The van der Waals surface area contributed by atoms with Crippen molar-refractivity contribution in [3.8, 4) is 6.07 Å². The summed E-state index contributed by atoms with van der Waals surface area (Å²) in [5.41, 5.74) is 0.00694. The average molecular weight is 336 g/mol. The van der Waals surface area contributed by atoms with Gasteiger partial charge in [-0.05, 0) is 49.9 Å². The average Bonchev–Trinajstić information content (AvgIpc) is 2.60. The minimum Gasteiger partial charge on any atom is -0.444 e. The van der Waals surface area contributed by atoms with Crippen molar-refractivity contribution in [2.75, 3.05) is 13.1 Å². The van der Waals surface area contributed by atoms with Crippen LogP contribution in [0.2, 0.25) is 0 Å². The van der Waals surface area contributed by atoms with Gasteiger partial charge in [-0.2, -0.15) is 5.26 Å². The van der Waals surface area contributed by atoms with Gasteiger partial charge in [0.05, 0.1) is 11.5 Å². The number of nitrogens with zero attached hydrogens (tertiary/aromatic N) is 2. The van der Waals surface area contributed by atoms with Gasteiger partial charge in [0.2, 0.25) is 0 Å². The Morgan fingerprint density at radius 1 is 1.12 bits per heavy atom. The Balaban J connectivity index is 1.85. The second kappa shape index (κ2) is 6.40. The molecule has 25 heavy (non-hydrogen) atoms. The molecule has 0 N–H and O–H groups in total. The van der Waals surface area contributed by atoms with E-state index in [9.17, 15) is 10.1 Å². The smallest absolute Gasteiger partial charge is 0.410 e. The van der Waals surface area contributed by atoms with Crippen LogP contribution in [0.15, 0.2) is 42.5 Å². The maximum atomic E-state index is 12.3. The van der Waals surface area contributed by atoms with Gasteiger partial charge in [0.25, 0.3) is 0 Å². The van der Waals surface area contributed by atoms with E-state index in [1.54, 1.807) is 4.90 Å². The van der Waals surface area contributed by atoms with Gasteiger partial charge in [0.1, 0.15) is 5.60 Å². The lowest BCUT2D eigenvalue weighted by atomic mass is 9.72. The maximum absolute atomic E-state index is 12.3. The molecule has 2 aromatic rings. The zero-order valence-corrected chi connectivity index (χ0v) is 15.1. The van der Waals surface area contributed by atoms with Crippen LogP contribution >= 0.6 is 0 Å². The van der Waals surface area contributed by atoms with Gasteiger partial charge in [-0.15, -0.1) is 0 Å². The van der Waals surface area contributed by atoms with Crippen LogP contribution in [0.5, 0.6) is 0 Å². The van der Waals surface area contributed by atoms with Gasteiger partial charge in [-0.25, -0.2) is 4.79 Å². The van der Waals surface area contributed by atoms with Crippen LogP contribution in [-0.4, -0.2) is 29.7 Å². The van der Waals surface area contributed by atoms with Crippen molar-refractivity contribution in [3.63, 3.8) is 0 Å². The first kappa shape index (κ1) is 17.3. The molecular weight excluding hydrogens is 312 g/mol. The third-order valence-corrected chi connectivity index (χ3v) is 4.79. The third-order valence-electron chi connectivity index (χ3n) is 4.79.